The zero-order valence-corrected chi connectivity index (χ0v) is 13.6. The number of aromatic nitrogens is 1. The molecule has 0 saturated heterocycles. The van der Waals surface area contributed by atoms with Crippen LogP contribution in [0.15, 0.2) is 22.8 Å². The predicted molar refractivity (Wildman–Crippen MR) is 88.1 cm³/mol. The lowest BCUT2D eigenvalue weighted by atomic mass is 10.1. The molecule has 0 aromatic carbocycles. The Morgan fingerprint density at radius 3 is 2.81 bits per heavy atom. The van der Waals surface area contributed by atoms with Gasteiger partial charge in [-0.2, -0.15) is 0 Å². The molecule has 1 aliphatic rings. The molecular formula is C15H24N4OS. The molecule has 0 radical (unpaired) electrons. The van der Waals surface area contributed by atoms with Gasteiger partial charge in [0.25, 0.3) is 0 Å². The Hall–Kier alpha value is -1.40. The van der Waals surface area contributed by atoms with Gasteiger partial charge < -0.3 is 15.4 Å². The minimum absolute atomic E-state index is 0.759. The molecule has 0 bridgehead atoms. The molecule has 21 heavy (non-hydrogen) atoms. The van der Waals surface area contributed by atoms with E-state index in [1.807, 2.05) is 6.20 Å². The second-order valence-electron chi connectivity index (χ2n) is 4.98. The third kappa shape index (κ3) is 5.85. The van der Waals surface area contributed by atoms with Gasteiger partial charge in [-0.05, 0) is 19.8 Å². The molecule has 1 aliphatic heterocycles. The number of hydrogen-bond acceptors (Lipinski definition) is 4. The van der Waals surface area contributed by atoms with Crippen LogP contribution in [0.2, 0.25) is 0 Å². The van der Waals surface area contributed by atoms with Crippen molar-refractivity contribution < 1.29 is 4.74 Å². The summed E-state index contributed by atoms with van der Waals surface area (Å²) in [4.78, 5) is 9.86. The largest absolute Gasteiger partial charge is 0.377 e. The molecular weight excluding hydrogens is 284 g/mol. The fraction of sp³-hybridized carbons (Fsp3) is 0.600. The Balaban J connectivity index is 1.62. The number of rotatable bonds is 6. The summed E-state index contributed by atoms with van der Waals surface area (Å²) < 4.78 is 5.31. The Bertz CT molecular complexity index is 496. The van der Waals surface area contributed by atoms with Gasteiger partial charge in [-0.3, -0.25) is 4.99 Å². The van der Waals surface area contributed by atoms with Crippen LogP contribution in [-0.2, 0) is 11.2 Å². The van der Waals surface area contributed by atoms with Crippen LogP contribution < -0.4 is 10.6 Å². The van der Waals surface area contributed by atoms with E-state index in [1.54, 1.807) is 18.4 Å². The topological polar surface area (TPSA) is 58.5 Å². The maximum atomic E-state index is 5.31. The van der Waals surface area contributed by atoms with Gasteiger partial charge in [0.2, 0.25) is 0 Å². The lowest BCUT2D eigenvalue weighted by molar-refractivity contribution is 0.153. The molecule has 1 aromatic heterocycles. The third-order valence-corrected chi connectivity index (χ3v) is 4.29. The molecule has 2 rings (SSSR count). The van der Waals surface area contributed by atoms with Gasteiger partial charge in [0.15, 0.2) is 5.96 Å². The maximum Gasteiger partial charge on any atom is 0.191 e. The van der Waals surface area contributed by atoms with E-state index in [9.17, 15) is 0 Å². The van der Waals surface area contributed by atoms with Crippen molar-refractivity contribution in [3.8, 4) is 0 Å². The highest BCUT2D eigenvalue weighted by atomic mass is 32.1. The second-order valence-corrected chi connectivity index (χ2v) is 6.30. The first-order valence-electron chi connectivity index (χ1n) is 7.39. The first-order chi connectivity index (χ1) is 10.3. The van der Waals surface area contributed by atoms with Crippen molar-refractivity contribution in [3.05, 3.63) is 27.7 Å². The number of thiazole rings is 1. The van der Waals surface area contributed by atoms with Crippen molar-refractivity contribution >= 4 is 17.3 Å². The zero-order valence-electron chi connectivity index (χ0n) is 12.8. The number of ether oxygens (including phenoxy) is 1. The van der Waals surface area contributed by atoms with E-state index in [-0.39, 0.29) is 0 Å². The van der Waals surface area contributed by atoms with Gasteiger partial charge in [0.05, 0.1) is 18.2 Å². The van der Waals surface area contributed by atoms with Crippen molar-refractivity contribution in [1.82, 2.24) is 15.6 Å². The summed E-state index contributed by atoms with van der Waals surface area (Å²) in [5.41, 5.74) is 1.47. The van der Waals surface area contributed by atoms with E-state index in [4.69, 9.17) is 4.74 Å². The van der Waals surface area contributed by atoms with Crippen LogP contribution in [-0.4, -0.2) is 44.3 Å². The average molecular weight is 308 g/mol. The van der Waals surface area contributed by atoms with Crippen molar-refractivity contribution in [1.29, 1.82) is 0 Å². The van der Waals surface area contributed by atoms with E-state index in [2.05, 4.69) is 33.6 Å². The monoisotopic (exact) mass is 308 g/mol. The molecule has 116 valence electrons. The zero-order chi connectivity index (χ0) is 14.9. The normalized spacial score (nSPS) is 15.7. The van der Waals surface area contributed by atoms with Crippen molar-refractivity contribution in [2.75, 3.05) is 33.4 Å². The highest BCUT2D eigenvalue weighted by molar-refractivity contribution is 7.11. The molecule has 0 fully saturated rings. The van der Waals surface area contributed by atoms with Gasteiger partial charge in [0, 0.05) is 37.6 Å². The highest BCUT2D eigenvalue weighted by Crippen LogP contribution is 2.11. The number of hydrogen-bond donors (Lipinski definition) is 2. The predicted octanol–water partition coefficient (Wildman–Crippen LogP) is 1.90. The quantitative estimate of drug-likeness (QED) is 0.479. The summed E-state index contributed by atoms with van der Waals surface area (Å²) in [6.07, 6.45) is 7.15. The minimum Gasteiger partial charge on any atom is -0.377 e. The SMILES string of the molecule is CN=C(NCCC1=CCOCC1)NCCc1ncc(C)s1. The van der Waals surface area contributed by atoms with Crippen LogP contribution in [0.3, 0.4) is 0 Å². The Morgan fingerprint density at radius 2 is 2.19 bits per heavy atom. The van der Waals surface area contributed by atoms with Gasteiger partial charge in [0.1, 0.15) is 0 Å². The van der Waals surface area contributed by atoms with Crippen LogP contribution in [0, 0.1) is 6.92 Å². The standard InChI is InChI=1S/C15H24N4OS/c1-12-11-19-14(21-12)4-8-18-15(16-2)17-7-3-13-5-9-20-10-6-13/h5,11H,3-4,6-10H2,1-2H3,(H2,16,17,18). The molecule has 0 amide bonds. The fourth-order valence-electron chi connectivity index (χ4n) is 2.16. The summed E-state index contributed by atoms with van der Waals surface area (Å²) >= 11 is 1.75. The molecule has 2 N–H and O–H groups in total. The van der Waals surface area contributed by atoms with Gasteiger partial charge >= 0.3 is 0 Å². The fourth-order valence-corrected chi connectivity index (χ4v) is 2.95. The molecule has 2 heterocycles. The lowest BCUT2D eigenvalue weighted by Gasteiger charge is -2.15. The van der Waals surface area contributed by atoms with Crippen molar-refractivity contribution in [2.24, 2.45) is 4.99 Å². The molecule has 0 spiro atoms. The number of nitrogens with one attached hydrogen (secondary N) is 2. The van der Waals surface area contributed by atoms with Crippen LogP contribution in [0.1, 0.15) is 22.7 Å². The summed E-state index contributed by atoms with van der Waals surface area (Å²) in [5.74, 6) is 0.857. The van der Waals surface area contributed by atoms with E-state index >= 15 is 0 Å². The highest BCUT2D eigenvalue weighted by Gasteiger charge is 2.04. The Labute approximate surface area is 130 Å². The van der Waals surface area contributed by atoms with Crippen LogP contribution in [0.5, 0.6) is 0 Å². The molecule has 0 aliphatic carbocycles. The molecule has 0 unspecified atom stereocenters. The van der Waals surface area contributed by atoms with Gasteiger partial charge in [-0.15, -0.1) is 11.3 Å². The van der Waals surface area contributed by atoms with Crippen LogP contribution in [0.25, 0.3) is 0 Å². The van der Waals surface area contributed by atoms with Gasteiger partial charge in [-0.1, -0.05) is 11.6 Å². The van der Waals surface area contributed by atoms with Gasteiger partial charge in [-0.25, -0.2) is 4.98 Å². The van der Waals surface area contributed by atoms with Crippen LogP contribution in [0.4, 0.5) is 0 Å². The van der Waals surface area contributed by atoms with E-state index in [0.717, 1.165) is 51.5 Å². The summed E-state index contributed by atoms with van der Waals surface area (Å²) in [7, 11) is 1.80. The second kappa shape index (κ2) is 8.79. The minimum atomic E-state index is 0.759. The molecule has 5 nitrogen and oxygen atoms in total. The van der Waals surface area contributed by atoms with E-state index in [1.165, 1.54) is 15.5 Å². The summed E-state index contributed by atoms with van der Waals surface area (Å²) in [5, 5.41) is 7.84. The first kappa shape index (κ1) is 16.0. The van der Waals surface area contributed by atoms with E-state index in [0.29, 0.717) is 0 Å². The number of aryl methyl sites for hydroxylation is 1. The lowest BCUT2D eigenvalue weighted by Crippen LogP contribution is -2.38. The summed E-state index contributed by atoms with van der Waals surface area (Å²) in [6.45, 7) is 5.45. The van der Waals surface area contributed by atoms with Crippen molar-refractivity contribution in [3.63, 3.8) is 0 Å². The molecule has 0 saturated carbocycles. The summed E-state index contributed by atoms with van der Waals surface area (Å²) in [6, 6.07) is 0. The molecule has 6 heteroatoms. The van der Waals surface area contributed by atoms with Crippen LogP contribution >= 0.6 is 11.3 Å². The molecule has 1 aromatic rings. The average Bonchev–Trinajstić information content (AvgIpc) is 2.92. The number of aliphatic imine (C=N–C) groups is 1. The smallest absolute Gasteiger partial charge is 0.191 e. The Morgan fingerprint density at radius 1 is 1.38 bits per heavy atom. The maximum absolute atomic E-state index is 5.31. The molecule has 0 atom stereocenters. The number of guanidine groups is 1. The Kier molecular flexibility index (Phi) is 6.69. The van der Waals surface area contributed by atoms with Crippen molar-refractivity contribution in [2.45, 2.75) is 26.2 Å². The first-order valence-corrected chi connectivity index (χ1v) is 8.21. The van der Waals surface area contributed by atoms with E-state index < -0.39 is 0 Å². The number of nitrogens with zero attached hydrogens (tertiary/aromatic N) is 2. The third-order valence-electron chi connectivity index (χ3n) is 3.32.